The Labute approximate surface area is 140 Å². The lowest BCUT2D eigenvalue weighted by atomic mass is 10.0. The maximum absolute atomic E-state index is 12.6. The Morgan fingerprint density at radius 1 is 1.35 bits per heavy atom. The van der Waals surface area contributed by atoms with Crippen LogP contribution in [0, 0.1) is 13.8 Å². The Morgan fingerprint density at radius 3 is 2.96 bits per heavy atom. The molecule has 1 atom stereocenters. The highest BCUT2D eigenvalue weighted by molar-refractivity contribution is 7.99. The summed E-state index contributed by atoms with van der Waals surface area (Å²) in [7, 11) is 0. The fraction of sp³-hybridized carbons (Fsp3) is 0.625. The molecule has 1 aliphatic heterocycles. The summed E-state index contributed by atoms with van der Waals surface area (Å²) in [5, 5.41) is 9.15. The Kier molecular flexibility index (Phi) is 4.84. The van der Waals surface area contributed by atoms with Gasteiger partial charge in [0.25, 0.3) is 0 Å². The second kappa shape index (κ2) is 6.86. The zero-order valence-corrected chi connectivity index (χ0v) is 14.8. The van der Waals surface area contributed by atoms with Crippen molar-refractivity contribution in [2.24, 2.45) is 0 Å². The van der Waals surface area contributed by atoms with Gasteiger partial charge in [0, 0.05) is 24.3 Å². The van der Waals surface area contributed by atoms with Crippen LogP contribution in [0.5, 0.6) is 0 Å². The van der Waals surface area contributed by atoms with Crippen LogP contribution in [0.3, 0.4) is 0 Å². The number of nitrogens with zero attached hydrogens (tertiary/aromatic N) is 5. The van der Waals surface area contributed by atoms with Gasteiger partial charge in [0.1, 0.15) is 5.82 Å². The lowest BCUT2D eigenvalue weighted by Crippen LogP contribution is -2.44. The third-order valence-electron chi connectivity index (χ3n) is 4.40. The molecular formula is C16H23N5OS. The van der Waals surface area contributed by atoms with Crippen LogP contribution < -0.4 is 0 Å². The van der Waals surface area contributed by atoms with Gasteiger partial charge in [-0.1, -0.05) is 18.7 Å². The minimum absolute atomic E-state index is 0.205. The van der Waals surface area contributed by atoms with E-state index < -0.39 is 0 Å². The van der Waals surface area contributed by atoms with Crippen LogP contribution in [0.15, 0.2) is 11.2 Å². The second-order valence-corrected chi connectivity index (χ2v) is 7.00. The summed E-state index contributed by atoms with van der Waals surface area (Å²) >= 11 is 1.45. The zero-order valence-electron chi connectivity index (χ0n) is 13.9. The number of amides is 1. The number of piperidine rings is 1. The molecule has 1 aliphatic rings. The van der Waals surface area contributed by atoms with Crippen molar-refractivity contribution in [1.29, 1.82) is 0 Å². The summed E-state index contributed by atoms with van der Waals surface area (Å²) < 4.78 is 1.92. The van der Waals surface area contributed by atoms with Crippen LogP contribution in [0.25, 0.3) is 5.65 Å². The normalized spacial score (nSPS) is 18.6. The first-order valence-corrected chi connectivity index (χ1v) is 9.20. The van der Waals surface area contributed by atoms with Crippen LogP contribution >= 0.6 is 11.8 Å². The van der Waals surface area contributed by atoms with E-state index in [9.17, 15) is 4.79 Å². The van der Waals surface area contributed by atoms with Crippen LogP contribution in [-0.2, 0) is 4.79 Å². The largest absolute Gasteiger partial charge is 0.339 e. The van der Waals surface area contributed by atoms with Gasteiger partial charge in [0.05, 0.1) is 5.75 Å². The number of fused-ring (bicyclic) bond motifs is 1. The van der Waals surface area contributed by atoms with Gasteiger partial charge in [0.2, 0.25) is 5.91 Å². The molecule has 23 heavy (non-hydrogen) atoms. The highest BCUT2D eigenvalue weighted by Gasteiger charge is 2.25. The van der Waals surface area contributed by atoms with Crippen molar-refractivity contribution in [3.63, 3.8) is 0 Å². The van der Waals surface area contributed by atoms with E-state index in [4.69, 9.17) is 0 Å². The molecule has 0 N–H and O–H groups in total. The first-order valence-electron chi connectivity index (χ1n) is 8.21. The molecule has 7 heteroatoms. The van der Waals surface area contributed by atoms with E-state index in [-0.39, 0.29) is 5.91 Å². The lowest BCUT2D eigenvalue weighted by molar-refractivity contribution is -0.132. The molecule has 1 saturated heterocycles. The Hall–Kier alpha value is -1.63. The predicted octanol–water partition coefficient (Wildman–Crippen LogP) is 2.62. The van der Waals surface area contributed by atoms with Crippen molar-refractivity contribution >= 4 is 23.3 Å². The van der Waals surface area contributed by atoms with Gasteiger partial charge in [-0.25, -0.2) is 4.98 Å². The molecule has 1 fully saturated rings. The van der Waals surface area contributed by atoms with E-state index in [0.717, 1.165) is 48.1 Å². The van der Waals surface area contributed by atoms with E-state index in [1.807, 2.05) is 24.3 Å². The number of rotatable bonds is 4. The lowest BCUT2D eigenvalue weighted by Gasteiger charge is -2.35. The Balaban J connectivity index is 1.72. The standard InChI is InChI=1S/C16H23N5OS/c1-4-13-7-5-6-8-20(13)15(22)10-23-16-19-18-14-9-11(2)17-12(3)21(14)16/h9,13H,4-8,10H2,1-3H3. The van der Waals surface area contributed by atoms with Gasteiger partial charge in [-0.3, -0.25) is 9.20 Å². The van der Waals surface area contributed by atoms with Crippen molar-refractivity contribution < 1.29 is 4.79 Å². The number of carbonyl (C=O) groups is 1. The van der Waals surface area contributed by atoms with E-state index in [0.29, 0.717) is 11.8 Å². The quantitative estimate of drug-likeness (QED) is 0.805. The van der Waals surface area contributed by atoms with Crippen LogP contribution in [0.2, 0.25) is 0 Å². The smallest absolute Gasteiger partial charge is 0.233 e. The molecule has 3 heterocycles. The summed E-state index contributed by atoms with van der Waals surface area (Å²) in [5.41, 5.74) is 1.71. The Morgan fingerprint density at radius 2 is 2.17 bits per heavy atom. The molecule has 0 aromatic carbocycles. The molecular weight excluding hydrogens is 310 g/mol. The molecule has 2 aromatic heterocycles. The first-order chi connectivity index (χ1) is 11.1. The zero-order chi connectivity index (χ0) is 16.4. The molecule has 0 radical (unpaired) electrons. The average Bonchev–Trinajstić information content (AvgIpc) is 2.95. The van der Waals surface area contributed by atoms with Crippen LogP contribution in [-0.4, -0.2) is 48.7 Å². The third-order valence-corrected chi connectivity index (χ3v) is 5.32. The fourth-order valence-corrected chi connectivity index (χ4v) is 4.13. The minimum Gasteiger partial charge on any atom is -0.339 e. The van der Waals surface area contributed by atoms with Gasteiger partial charge in [0.15, 0.2) is 10.8 Å². The first kappa shape index (κ1) is 16.2. The highest BCUT2D eigenvalue weighted by Crippen LogP contribution is 2.23. The molecule has 1 amide bonds. The van der Waals surface area contributed by atoms with Crippen molar-refractivity contribution in [3.8, 4) is 0 Å². The van der Waals surface area contributed by atoms with Gasteiger partial charge in [-0.2, -0.15) is 0 Å². The van der Waals surface area contributed by atoms with Gasteiger partial charge >= 0.3 is 0 Å². The van der Waals surface area contributed by atoms with Crippen LogP contribution in [0.4, 0.5) is 0 Å². The molecule has 6 nitrogen and oxygen atoms in total. The topological polar surface area (TPSA) is 63.4 Å². The molecule has 124 valence electrons. The fourth-order valence-electron chi connectivity index (χ4n) is 3.26. The summed E-state index contributed by atoms with van der Waals surface area (Å²) in [6.07, 6.45) is 4.51. The maximum Gasteiger partial charge on any atom is 0.233 e. The number of likely N-dealkylation sites (tertiary alicyclic amines) is 1. The summed E-state index contributed by atoms with van der Waals surface area (Å²) in [5.74, 6) is 1.46. The monoisotopic (exact) mass is 333 g/mol. The minimum atomic E-state index is 0.205. The van der Waals surface area contributed by atoms with Crippen molar-refractivity contribution in [1.82, 2.24) is 24.5 Å². The number of aromatic nitrogens is 4. The maximum atomic E-state index is 12.6. The molecule has 0 saturated carbocycles. The third kappa shape index (κ3) is 3.34. The van der Waals surface area contributed by atoms with E-state index in [2.05, 4.69) is 27.0 Å². The number of hydrogen-bond donors (Lipinski definition) is 0. The van der Waals surface area contributed by atoms with Gasteiger partial charge in [-0.15, -0.1) is 10.2 Å². The molecule has 0 spiro atoms. The van der Waals surface area contributed by atoms with E-state index >= 15 is 0 Å². The summed E-state index contributed by atoms with van der Waals surface area (Å²) in [6.45, 7) is 6.93. The Bertz CT molecular complexity index is 714. The number of thioether (sulfide) groups is 1. The number of carbonyl (C=O) groups excluding carboxylic acids is 1. The van der Waals surface area contributed by atoms with Gasteiger partial charge < -0.3 is 4.90 Å². The predicted molar refractivity (Wildman–Crippen MR) is 90.6 cm³/mol. The molecule has 1 unspecified atom stereocenters. The molecule has 0 aliphatic carbocycles. The second-order valence-electron chi connectivity index (χ2n) is 6.05. The van der Waals surface area contributed by atoms with Crippen molar-refractivity contribution in [3.05, 3.63) is 17.6 Å². The SMILES string of the molecule is CCC1CCCCN1C(=O)CSc1nnc2cc(C)nc(C)n12. The average molecular weight is 333 g/mol. The van der Waals surface area contributed by atoms with E-state index in [1.54, 1.807) is 0 Å². The van der Waals surface area contributed by atoms with E-state index in [1.165, 1.54) is 18.2 Å². The summed E-state index contributed by atoms with van der Waals surface area (Å²) in [4.78, 5) is 19.1. The number of aryl methyl sites for hydroxylation is 2. The molecule has 3 rings (SSSR count). The summed E-state index contributed by atoms with van der Waals surface area (Å²) in [6, 6.07) is 2.31. The van der Waals surface area contributed by atoms with Gasteiger partial charge in [-0.05, 0) is 39.5 Å². The molecule has 2 aromatic rings. The number of hydrogen-bond acceptors (Lipinski definition) is 5. The van der Waals surface area contributed by atoms with Crippen molar-refractivity contribution in [2.75, 3.05) is 12.3 Å². The van der Waals surface area contributed by atoms with Crippen molar-refractivity contribution in [2.45, 2.75) is 57.7 Å². The highest BCUT2D eigenvalue weighted by atomic mass is 32.2. The van der Waals surface area contributed by atoms with Crippen LogP contribution in [0.1, 0.15) is 44.1 Å². The molecule has 0 bridgehead atoms.